The molecule has 0 aromatic carbocycles. The Kier molecular flexibility index (Phi) is 3.93. The van der Waals surface area contributed by atoms with E-state index in [0.717, 1.165) is 0 Å². The van der Waals surface area contributed by atoms with Crippen molar-refractivity contribution < 1.29 is 9.21 Å². The molecule has 1 aromatic heterocycles. The molecule has 1 fully saturated rings. The maximum atomic E-state index is 11.8. The van der Waals surface area contributed by atoms with Crippen LogP contribution in [-0.2, 0) is 4.79 Å². The lowest BCUT2D eigenvalue weighted by molar-refractivity contribution is -0.117. The summed E-state index contributed by atoms with van der Waals surface area (Å²) in [6, 6.07) is 0.418. The third-order valence-corrected chi connectivity index (χ3v) is 3.14. The van der Waals surface area contributed by atoms with E-state index >= 15 is 0 Å². The lowest BCUT2D eigenvalue weighted by atomic mass is 10.1. The van der Waals surface area contributed by atoms with Crippen molar-refractivity contribution >= 4 is 11.9 Å². The van der Waals surface area contributed by atoms with Crippen LogP contribution in [0.15, 0.2) is 4.42 Å². The quantitative estimate of drug-likeness (QED) is 0.739. The second-order valence-electron chi connectivity index (χ2n) is 4.73. The summed E-state index contributed by atoms with van der Waals surface area (Å²) in [6.07, 6.45) is 2.41. The van der Waals surface area contributed by atoms with Gasteiger partial charge in [-0.1, -0.05) is 5.10 Å². The minimum Gasteiger partial charge on any atom is -0.408 e. The number of nitrogens with two attached hydrogens (primary N) is 1. The third kappa shape index (κ3) is 3.27. The molecule has 0 radical (unpaired) electrons. The van der Waals surface area contributed by atoms with Crippen LogP contribution in [0.2, 0.25) is 0 Å². The average Bonchev–Trinajstić information content (AvgIpc) is 3.04. The first-order chi connectivity index (χ1) is 8.60. The molecule has 1 aliphatic rings. The molecule has 3 N–H and O–H groups in total. The van der Waals surface area contributed by atoms with Crippen molar-refractivity contribution in [2.75, 3.05) is 25.5 Å². The van der Waals surface area contributed by atoms with E-state index in [4.69, 9.17) is 10.2 Å². The molecule has 0 saturated heterocycles. The van der Waals surface area contributed by atoms with E-state index in [1.165, 1.54) is 12.8 Å². The van der Waals surface area contributed by atoms with Crippen LogP contribution in [0.4, 0.5) is 6.01 Å². The van der Waals surface area contributed by atoms with E-state index in [-0.39, 0.29) is 24.5 Å². The lowest BCUT2D eigenvalue weighted by Gasteiger charge is -2.25. The predicted molar refractivity (Wildman–Crippen MR) is 65.9 cm³/mol. The van der Waals surface area contributed by atoms with Gasteiger partial charge in [-0.15, -0.1) is 5.10 Å². The molecular weight excluding hydrogens is 234 g/mol. The molecule has 18 heavy (non-hydrogen) atoms. The van der Waals surface area contributed by atoms with E-state index in [1.807, 2.05) is 11.9 Å². The lowest BCUT2D eigenvalue weighted by Crippen LogP contribution is -2.43. The molecule has 0 spiro atoms. The second-order valence-corrected chi connectivity index (χ2v) is 4.73. The number of hydrogen-bond donors (Lipinski definition) is 2. The number of anilines is 1. The van der Waals surface area contributed by atoms with Gasteiger partial charge in [-0.25, -0.2) is 0 Å². The summed E-state index contributed by atoms with van der Waals surface area (Å²) in [5.74, 6) is 0.898. The molecule has 1 atom stereocenters. The number of amides is 1. The fraction of sp³-hybridized carbons (Fsp3) is 0.727. The van der Waals surface area contributed by atoms with E-state index < -0.39 is 0 Å². The van der Waals surface area contributed by atoms with Gasteiger partial charge in [0.2, 0.25) is 11.8 Å². The van der Waals surface area contributed by atoms with Crippen molar-refractivity contribution in [1.82, 2.24) is 15.1 Å². The Labute approximate surface area is 106 Å². The van der Waals surface area contributed by atoms with Gasteiger partial charge in [0.05, 0.1) is 6.54 Å². The third-order valence-electron chi connectivity index (χ3n) is 3.14. The zero-order valence-corrected chi connectivity index (χ0v) is 10.7. The summed E-state index contributed by atoms with van der Waals surface area (Å²) < 4.78 is 5.08. The zero-order chi connectivity index (χ0) is 13.1. The average molecular weight is 253 g/mol. The van der Waals surface area contributed by atoms with E-state index in [0.29, 0.717) is 18.4 Å². The summed E-state index contributed by atoms with van der Waals surface area (Å²) in [5.41, 5.74) is 5.73. The van der Waals surface area contributed by atoms with Crippen molar-refractivity contribution in [2.24, 2.45) is 11.7 Å². The van der Waals surface area contributed by atoms with Crippen LogP contribution in [0.5, 0.6) is 0 Å². The van der Waals surface area contributed by atoms with Gasteiger partial charge in [-0.3, -0.25) is 15.0 Å². The second kappa shape index (κ2) is 5.45. The first kappa shape index (κ1) is 13.0. The maximum absolute atomic E-state index is 11.8. The minimum atomic E-state index is -0.166. The molecular formula is C11H19N5O2. The molecule has 1 unspecified atom stereocenters. The van der Waals surface area contributed by atoms with Gasteiger partial charge in [0.15, 0.2) is 0 Å². The van der Waals surface area contributed by atoms with Gasteiger partial charge in [0.1, 0.15) is 0 Å². The highest BCUT2D eigenvalue weighted by Crippen LogP contribution is 2.34. The summed E-state index contributed by atoms with van der Waals surface area (Å²) in [4.78, 5) is 13.8. The number of hydrogen-bond acceptors (Lipinski definition) is 6. The number of aryl methyl sites for hydroxylation is 1. The van der Waals surface area contributed by atoms with Gasteiger partial charge >= 0.3 is 6.01 Å². The topological polar surface area (TPSA) is 97.3 Å². The van der Waals surface area contributed by atoms with E-state index in [1.54, 1.807) is 6.92 Å². The van der Waals surface area contributed by atoms with Crippen molar-refractivity contribution in [1.29, 1.82) is 0 Å². The molecule has 100 valence electrons. The highest BCUT2D eigenvalue weighted by Gasteiger charge is 2.33. The van der Waals surface area contributed by atoms with Crippen molar-refractivity contribution in [2.45, 2.75) is 25.8 Å². The summed E-state index contributed by atoms with van der Waals surface area (Å²) in [7, 11) is 1.91. The number of aromatic nitrogens is 2. The highest BCUT2D eigenvalue weighted by molar-refractivity contribution is 5.90. The van der Waals surface area contributed by atoms with Crippen molar-refractivity contribution in [3.8, 4) is 0 Å². The summed E-state index contributed by atoms with van der Waals surface area (Å²) >= 11 is 0. The van der Waals surface area contributed by atoms with Gasteiger partial charge in [-0.05, 0) is 25.8 Å². The molecule has 1 aliphatic carbocycles. The minimum absolute atomic E-state index is 0.140. The van der Waals surface area contributed by atoms with Crippen LogP contribution in [0.25, 0.3) is 0 Å². The highest BCUT2D eigenvalue weighted by atomic mass is 16.4. The molecule has 1 amide bonds. The van der Waals surface area contributed by atoms with Crippen LogP contribution in [0.1, 0.15) is 18.7 Å². The van der Waals surface area contributed by atoms with Gasteiger partial charge < -0.3 is 10.2 Å². The van der Waals surface area contributed by atoms with Gasteiger partial charge in [0, 0.05) is 19.5 Å². The Morgan fingerprint density at radius 2 is 2.33 bits per heavy atom. The van der Waals surface area contributed by atoms with E-state index in [9.17, 15) is 4.79 Å². The van der Waals surface area contributed by atoms with Crippen molar-refractivity contribution in [3.05, 3.63) is 5.89 Å². The Hall–Kier alpha value is -1.47. The summed E-state index contributed by atoms with van der Waals surface area (Å²) in [6.45, 7) is 2.53. The van der Waals surface area contributed by atoms with Crippen molar-refractivity contribution in [3.63, 3.8) is 0 Å². The van der Waals surface area contributed by atoms with Crippen LogP contribution >= 0.6 is 0 Å². The molecule has 0 bridgehead atoms. The molecule has 7 nitrogen and oxygen atoms in total. The molecule has 1 heterocycles. The van der Waals surface area contributed by atoms with E-state index in [2.05, 4.69) is 15.5 Å². The number of nitrogens with zero attached hydrogens (tertiary/aromatic N) is 3. The fourth-order valence-corrected chi connectivity index (χ4v) is 2.06. The number of rotatable bonds is 6. The van der Waals surface area contributed by atoms with Crippen LogP contribution in [0, 0.1) is 12.8 Å². The summed E-state index contributed by atoms with van der Waals surface area (Å²) in [5, 5.41) is 9.93. The molecule has 2 rings (SSSR count). The Balaban J connectivity index is 1.82. The normalized spacial score (nSPS) is 16.9. The van der Waals surface area contributed by atoms with Crippen LogP contribution < -0.4 is 11.1 Å². The smallest absolute Gasteiger partial charge is 0.322 e. The molecule has 1 saturated carbocycles. The Morgan fingerprint density at radius 1 is 1.61 bits per heavy atom. The first-order valence-electron chi connectivity index (χ1n) is 6.10. The molecule has 7 heteroatoms. The zero-order valence-electron chi connectivity index (χ0n) is 10.7. The molecule has 1 aromatic rings. The predicted octanol–water partition coefficient (Wildman–Crippen LogP) is -0.0144. The van der Waals surface area contributed by atoms with Gasteiger partial charge in [0.25, 0.3) is 0 Å². The number of likely N-dealkylation sites (N-methyl/N-ethyl adjacent to an activating group) is 1. The Bertz CT molecular complexity index is 415. The molecule has 0 aliphatic heterocycles. The standard InChI is InChI=1S/C11H19N5O2/c1-7-14-15-11(18-7)13-10(17)6-16(2)9(5-12)8-3-4-8/h8-9H,3-6,12H2,1-2H3,(H,13,15,17). The Morgan fingerprint density at radius 3 is 2.83 bits per heavy atom. The first-order valence-corrected chi connectivity index (χ1v) is 6.10. The largest absolute Gasteiger partial charge is 0.408 e. The maximum Gasteiger partial charge on any atom is 0.322 e. The monoisotopic (exact) mass is 253 g/mol. The number of carbonyl (C=O) groups excluding carboxylic acids is 1. The van der Waals surface area contributed by atoms with Crippen LogP contribution in [-0.4, -0.2) is 47.2 Å². The number of nitrogens with one attached hydrogen (secondary N) is 1. The number of carbonyl (C=O) groups is 1. The fourth-order valence-electron chi connectivity index (χ4n) is 2.06. The van der Waals surface area contributed by atoms with Gasteiger partial charge in [-0.2, -0.15) is 0 Å². The van der Waals surface area contributed by atoms with Crippen LogP contribution in [0.3, 0.4) is 0 Å². The SMILES string of the molecule is Cc1nnc(NC(=O)CN(C)C(CN)C2CC2)o1.